The molecule has 0 aliphatic carbocycles. The highest BCUT2D eigenvalue weighted by Crippen LogP contribution is 2.38. The molecule has 0 saturated heterocycles. The molecule has 0 amide bonds. The van der Waals surface area contributed by atoms with Gasteiger partial charge in [0.25, 0.3) is 0 Å². The molecular formula is C13H7ClF3NO2. The van der Waals surface area contributed by atoms with Crippen LogP contribution in [-0.2, 0) is 6.18 Å². The number of aromatic nitrogens is 1. The van der Waals surface area contributed by atoms with Gasteiger partial charge in [-0.1, -0.05) is 29.8 Å². The molecular weight excluding hydrogens is 295 g/mol. The molecule has 1 aromatic carbocycles. The van der Waals surface area contributed by atoms with Crippen LogP contribution in [0.25, 0.3) is 11.1 Å². The first-order valence-electron chi connectivity index (χ1n) is 5.36. The third-order valence-corrected chi connectivity index (χ3v) is 2.83. The summed E-state index contributed by atoms with van der Waals surface area (Å²) in [5.41, 5.74) is -1.63. The van der Waals surface area contributed by atoms with Crippen molar-refractivity contribution in [1.82, 2.24) is 4.98 Å². The highest BCUT2D eigenvalue weighted by atomic mass is 35.5. The van der Waals surface area contributed by atoms with Gasteiger partial charge in [0.05, 0.1) is 11.1 Å². The average molecular weight is 302 g/mol. The van der Waals surface area contributed by atoms with Gasteiger partial charge in [-0.25, -0.2) is 9.78 Å². The summed E-state index contributed by atoms with van der Waals surface area (Å²) < 4.78 is 38.9. The van der Waals surface area contributed by atoms with Gasteiger partial charge in [-0.05, 0) is 17.7 Å². The first kappa shape index (κ1) is 14.3. The highest BCUT2D eigenvalue weighted by molar-refractivity contribution is 6.29. The second kappa shape index (κ2) is 5.13. The van der Waals surface area contributed by atoms with E-state index in [4.69, 9.17) is 16.7 Å². The van der Waals surface area contributed by atoms with Gasteiger partial charge in [0.15, 0.2) is 0 Å². The van der Waals surface area contributed by atoms with E-state index in [1.165, 1.54) is 18.2 Å². The molecule has 0 aliphatic rings. The van der Waals surface area contributed by atoms with Gasteiger partial charge in [0.1, 0.15) is 5.15 Å². The number of aromatic carboxylic acids is 1. The number of carboxylic acids is 1. The molecule has 2 rings (SSSR count). The van der Waals surface area contributed by atoms with Crippen LogP contribution in [0, 0.1) is 0 Å². The van der Waals surface area contributed by atoms with Gasteiger partial charge in [0.2, 0.25) is 0 Å². The molecule has 0 atom stereocenters. The van der Waals surface area contributed by atoms with Crippen molar-refractivity contribution in [2.24, 2.45) is 0 Å². The zero-order valence-corrected chi connectivity index (χ0v) is 10.5. The standard InChI is InChI=1S/C13H7ClF3NO2/c14-11-5-8(12(19)20)9(6-18-11)7-3-1-2-4-10(7)13(15,16)17/h1-6H,(H,19,20). The summed E-state index contributed by atoms with van der Waals surface area (Å²) in [6.07, 6.45) is -3.57. The van der Waals surface area contributed by atoms with Gasteiger partial charge < -0.3 is 5.11 Å². The Morgan fingerprint density at radius 2 is 1.85 bits per heavy atom. The van der Waals surface area contributed by atoms with Crippen molar-refractivity contribution in [3.05, 3.63) is 52.8 Å². The maximum Gasteiger partial charge on any atom is 0.417 e. The Morgan fingerprint density at radius 1 is 1.20 bits per heavy atom. The fraction of sp³-hybridized carbons (Fsp3) is 0.0769. The van der Waals surface area contributed by atoms with Gasteiger partial charge in [-0.3, -0.25) is 0 Å². The number of halogens is 4. The second-order valence-corrected chi connectivity index (χ2v) is 4.29. The van der Waals surface area contributed by atoms with Crippen molar-refractivity contribution < 1.29 is 23.1 Å². The van der Waals surface area contributed by atoms with Gasteiger partial charge in [-0.2, -0.15) is 13.2 Å². The molecule has 0 radical (unpaired) electrons. The summed E-state index contributed by atoms with van der Waals surface area (Å²) in [5, 5.41) is 8.98. The Labute approximate surface area is 116 Å². The number of pyridine rings is 1. The lowest BCUT2D eigenvalue weighted by Gasteiger charge is -2.14. The summed E-state index contributed by atoms with van der Waals surface area (Å²) >= 11 is 5.58. The van der Waals surface area contributed by atoms with Crippen LogP contribution in [0.3, 0.4) is 0 Å². The minimum Gasteiger partial charge on any atom is -0.478 e. The van der Waals surface area contributed by atoms with Crippen molar-refractivity contribution in [2.45, 2.75) is 6.18 Å². The third kappa shape index (κ3) is 2.75. The first-order chi connectivity index (χ1) is 9.30. The zero-order chi connectivity index (χ0) is 14.9. The van der Waals surface area contributed by atoms with Crippen molar-refractivity contribution >= 4 is 17.6 Å². The van der Waals surface area contributed by atoms with Crippen LogP contribution in [0.15, 0.2) is 36.5 Å². The topological polar surface area (TPSA) is 50.2 Å². The van der Waals surface area contributed by atoms with E-state index < -0.39 is 17.7 Å². The smallest absolute Gasteiger partial charge is 0.417 e. The Bertz CT molecular complexity index is 671. The molecule has 7 heteroatoms. The summed E-state index contributed by atoms with van der Waals surface area (Å²) in [7, 11) is 0. The Kier molecular flexibility index (Phi) is 3.67. The maximum absolute atomic E-state index is 13.0. The molecule has 3 nitrogen and oxygen atoms in total. The average Bonchev–Trinajstić information content (AvgIpc) is 2.37. The van der Waals surface area contributed by atoms with E-state index in [0.717, 1.165) is 18.3 Å². The highest BCUT2D eigenvalue weighted by Gasteiger charge is 2.34. The predicted molar refractivity (Wildman–Crippen MR) is 66.6 cm³/mol. The molecule has 104 valence electrons. The maximum atomic E-state index is 13.0. The van der Waals surface area contributed by atoms with E-state index >= 15 is 0 Å². The summed E-state index contributed by atoms with van der Waals surface area (Å²) in [4.78, 5) is 14.8. The molecule has 0 unspecified atom stereocenters. The van der Waals surface area contributed by atoms with Crippen molar-refractivity contribution in [3.8, 4) is 11.1 Å². The Hall–Kier alpha value is -2.08. The third-order valence-electron chi connectivity index (χ3n) is 2.62. The molecule has 1 aromatic heterocycles. The van der Waals surface area contributed by atoms with E-state index in [1.807, 2.05) is 0 Å². The summed E-state index contributed by atoms with van der Waals surface area (Å²) in [6, 6.07) is 5.73. The fourth-order valence-electron chi connectivity index (χ4n) is 1.79. The molecule has 0 fully saturated rings. The largest absolute Gasteiger partial charge is 0.478 e. The van der Waals surface area contributed by atoms with Crippen molar-refractivity contribution in [2.75, 3.05) is 0 Å². The van der Waals surface area contributed by atoms with Gasteiger partial charge >= 0.3 is 12.1 Å². The van der Waals surface area contributed by atoms with Crippen LogP contribution in [-0.4, -0.2) is 16.1 Å². The van der Waals surface area contributed by atoms with Gasteiger partial charge in [0, 0.05) is 11.8 Å². The molecule has 0 saturated carbocycles. The van der Waals surface area contributed by atoms with Crippen LogP contribution >= 0.6 is 11.6 Å². The quantitative estimate of drug-likeness (QED) is 0.849. The molecule has 0 spiro atoms. The van der Waals surface area contributed by atoms with E-state index in [-0.39, 0.29) is 21.8 Å². The number of hydrogen-bond acceptors (Lipinski definition) is 2. The number of carboxylic acid groups (broad SMARTS) is 1. The van der Waals surface area contributed by atoms with Gasteiger partial charge in [-0.15, -0.1) is 0 Å². The van der Waals surface area contributed by atoms with Crippen molar-refractivity contribution in [1.29, 1.82) is 0 Å². The number of carbonyl (C=O) groups is 1. The number of nitrogens with zero attached hydrogens (tertiary/aromatic N) is 1. The fourth-order valence-corrected chi connectivity index (χ4v) is 1.94. The van der Waals surface area contributed by atoms with Crippen LogP contribution in [0.4, 0.5) is 13.2 Å². The SMILES string of the molecule is O=C(O)c1cc(Cl)ncc1-c1ccccc1C(F)(F)F. The lowest BCUT2D eigenvalue weighted by Crippen LogP contribution is -2.09. The second-order valence-electron chi connectivity index (χ2n) is 3.90. The van der Waals surface area contributed by atoms with E-state index in [0.29, 0.717) is 0 Å². The molecule has 1 heterocycles. The number of rotatable bonds is 2. The normalized spacial score (nSPS) is 11.4. The lowest BCUT2D eigenvalue weighted by atomic mass is 9.97. The number of benzene rings is 1. The summed E-state index contributed by atoms with van der Waals surface area (Å²) in [5.74, 6) is -1.37. The molecule has 0 bridgehead atoms. The zero-order valence-electron chi connectivity index (χ0n) is 9.78. The molecule has 20 heavy (non-hydrogen) atoms. The first-order valence-corrected chi connectivity index (χ1v) is 5.74. The van der Waals surface area contributed by atoms with E-state index in [2.05, 4.69) is 4.98 Å². The summed E-state index contributed by atoms with van der Waals surface area (Å²) in [6.45, 7) is 0. The lowest BCUT2D eigenvalue weighted by molar-refractivity contribution is -0.137. The molecule has 1 N–H and O–H groups in total. The van der Waals surface area contributed by atoms with E-state index in [9.17, 15) is 18.0 Å². The monoisotopic (exact) mass is 301 g/mol. The Balaban J connectivity index is 2.73. The van der Waals surface area contributed by atoms with Crippen molar-refractivity contribution in [3.63, 3.8) is 0 Å². The van der Waals surface area contributed by atoms with E-state index in [1.54, 1.807) is 0 Å². The molecule has 0 aliphatic heterocycles. The van der Waals surface area contributed by atoms with Crippen LogP contribution < -0.4 is 0 Å². The minimum absolute atomic E-state index is 0.101. The number of hydrogen-bond donors (Lipinski definition) is 1. The number of alkyl halides is 3. The van der Waals surface area contributed by atoms with Crippen LogP contribution in [0.1, 0.15) is 15.9 Å². The van der Waals surface area contributed by atoms with Crippen LogP contribution in [0.5, 0.6) is 0 Å². The molecule has 2 aromatic rings. The van der Waals surface area contributed by atoms with Crippen LogP contribution in [0.2, 0.25) is 5.15 Å². The predicted octanol–water partition coefficient (Wildman–Crippen LogP) is 4.12. The minimum atomic E-state index is -4.59. The Morgan fingerprint density at radius 3 is 2.45 bits per heavy atom.